The normalized spacial score (nSPS) is 14.6. The van der Waals surface area contributed by atoms with Gasteiger partial charge in [0.15, 0.2) is 5.13 Å². The highest BCUT2D eigenvalue weighted by molar-refractivity contribution is 7.21. The quantitative estimate of drug-likeness (QED) is 0.424. The van der Waals surface area contributed by atoms with Crippen molar-refractivity contribution in [3.8, 4) is 0 Å². The number of halogens is 1. The van der Waals surface area contributed by atoms with E-state index in [0.29, 0.717) is 5.02 Å². The summed E-state index contributed by atoms with van der Waals surface area (Å²) in [5.41, 5.74) is 3.09. The minimum absolute atomic E-state index is 0.714. The summed E-state index contributed by atoms with van der Waals surface area (Å²) in [6.07, 6.45) is 1.84. The number of hydrogen-bond donors (Lipinski definition) is 1. The number of fused-ring (bicyclic) bond motifs is 1. The Balaban J connectivity index is 1.32. The number of hydrogen-bond acceptors (Lipinski definition) is 8. The molecule has 32 heavy (non-hydrogen) atoms. The van der Waals surface area contributed by atoms with Gasteiger partial charge in [0, 0.05) is 43.6 Å². The van der Waals surface area contributed by atoms with Gasteiger partial charge in [0.05, 0.1) is 13.2 Å². The molecule has 0 amide bonds. The molecule has 4 aromatic rings. The zero-order valence-corrected chi connectivity index (χ0v) is 19.2. The molecule has 0 unspecified atom stereocenters. The number of nitrogens with one attached hydrogen (secondary N) is 1. The minimum atomic E-state index is 0.714. The van der Waals surface area contributed by atoms with Crippen LogP contribution in [0, 0.1) is 0 Å². The molecule has 7 nitrogen and oxygen atoms in total. The second-order valence-electron chi connectivity index (χ2n) is 7.61. The summed E-state index contributed by atoms with van der Waals surface area (Å²) in [6.45, 7) is 4.40. The van der Waals surface area contributed by atoms with E-state index in [1.165, 1.54) is 16.9 Å². The SMILES string of the molecule is CN(c1ccc(Cl)cc1)c1ccc2nc(Nc3cc(CN4CCOCC4)ccn3)sc2n1. The second-order valence-corrected chi connectivity index (χ2v) is 9.02. The van der Waals surface area contributed by atoms with E-state index in [9.17, 15) is 0 Å². The number of rotatable bonds is 6. The Bertz CT molecular complexity index is 1210. The number of ether oxygens (including phenoxy) is 1. The number of thiazole rings is 1. The topological polar surface area (TPSA) is 66.4 Å². The molecular formula is C23H23ClN6OS. The maximum Gasteiger partial charge on any atom is 0.190 e. The van der Waals surface area contributed by atoms with Gasteiger partial charge in [0.1, 0.15) is 22.0 Å². The Hall–Kier alpha value is -2.78. The fourth-order valence-corrected chi connectivity index (χ4v) is 4.58. The smallest absolute Gasteiger partial charge is 0.190 e. The van der Waals surface area contributed by atoms with Gasteiger partial charge >= 0.3 is 0 Å². The van der Waals surface area contributed by atoms with E-state index in [2.05, 4.69) is 32.3 Å². The highest BCUT2D eigenvalue weighted by atomic mass is 35.5. The molecule has 9 heteroatoms. The summed E-state index contributed by atoms with van der Waals surface area (Å²) in [7, 11) is 1.99. The lowest BCUT2D eigenvalue weighted by molar-refractivity contribution is 0.0342. The van der Waals surface area contributed by atoms with Gasteiger partial charge in [-0.2, -0.15) is 0 Å². The molecule has 164 valence electrons. The van der Waals surface area contributed by atoms with Gasteiger partial charge in [-0.15, -0.1) is 0 Å². The van der Waals surface area contributed by atoms with E-state index in [1.807, 2.05) is 54.5 Å². The first-order valence-electron chi connectivity index (χ1n) is 10.4. The van der Waals surface area contributed by atoms with Crippen molar-refractivity contribution in [3.05, 3.63) is 65.3 Å². The van der Waals surface area contributed by atoms with Crippen molar-refractivity contribution in [3.63, 3.8) is 0 Å². The van der Waals surface area contributed by atoms with Crippen molar-refractivity contribution in [1.82, 2.24) is 19.9 Å². The van der Waals surface area contributed by atoms with E-state index < -0.39 is 0 Å². The summed E-state index contributed by atoms with van der Waals surface area (Å²) >= 11 is 7.52. The van der Waals surface area contributed by atoms with E-state index in [4.69, 9.17) is 21.3 Å². The van der Waals surface area contributed by atoms with E-state index in [-0.39, 0.29) is 0 Å². The van der Waals surface area contributed by atoms with Crippen molar-refractivity contribution in [1.29, 1.82) is 0 Å². The fourth-order valence-electron chi connectivity index (χ4n) is 3.61. The Morgan fingerprint density at radius 3 is 2.72 bits per heavy atom. The number of anilines is 4. The van der Waals surface area contributed by atoms with Crippen LogP contribution in [-0.4, -0.2) is 53.2 Å². The minimum Gasteiger partial charge on any atom is -0.379 e. The van der Waals surface area contributed by atoms with Crippen LogP contribution in [0.15, 0.2) is 54.7 Å². The van der Waals surface area contributed by atoms with Gasteiger partial charge in [0.25, 0.3) is 0 Å². The van der Waals surface area contributed by atoms with Crippen LogP contribution in [0.25, 0.3) is 10.3 Å². The van der Waals surface area contributed by atoms with Crippen molar-refractivity contribution in [2.24, 2.45) is 0 Å². The molecule has 1 saturated heterocycles. The molecule has 0 aliphatic carbocycles. The predicted octanol–water partition coefficient (Wildman–Crippen LogP) is 5.08. The lowest BCUT2D eigenvalue weighted by Gasteiger charge is -2.26. The van der Waals surface area contributed by atoms with Crippen LogP contribution < -0.4 is 10.2 Å². The summed E-state index contributed by atoms with van der Waals surface area (Å²) in [5, 5.41) is 4.83. The molecule has 0 spiro atoms. The lowest BCUT2D eigenvalue weighted by Crippen LogP contribution is -2.35. The van der Waals surface area contributed by atoms with Crippen molar-refractivity contribution < 1.29 is 4.74 Å². The predicted molar refractivity (Wildman–Crippen MR) is 131 cm³/mol. The first-order chi connectivity index (χ1) is 15.6. The first-order valence-corrected chi connectivity index (χ1v) is 11.6. The Labute approximate surface area is 195 Å². The van der Waals surface area contributed by atoms with Crippen LogP contribution in [0.1, 0.15) is 5.56 Å². The zero-order chi connectivity index (χ0) is 21.9. The molecule has 4 heterocycles. The standard InChI is InChI=1S/C23H23ClN6OS/c1-29(18-4-2-17(24)3-5-18)21-7-6-19-22(28-21)32-23(26-19)27-20-14-16(8-9-25-20)15-30-10-12-31-13-11-30/h2-9,14H,10-13,15H2,1H3,(H,25,26,27). The Morgan fingerprint density at radius 1 is 1.09 bits per heavy atom. The zero-order valence-electron chi connectivity index (χ0n) is 17.7. The van der Waals surface area contributed by atoms with Crippen molar-refractivity contribution >= 4 is 55.7 Å². The monoisotopic (exact) mass is 466 g/mol. The molecule has 0 bridgehead atoms. The molecule has 1 N–H and O–H groups in total. The van der Waals surface area contributed by atoms with Crippen molar-refractivity contribution in [2.75, 3.05) is 43.6 Å². The molecule has 5 rings (SSSR count). The third-order valence-corrected chi connectivity index (χ3v) is 6.50. The van der Waals surface area contributed by atoms with Gasteiger partial charge in [-0.25, -0.2) is 15.0 Å². The van der Waals surface area contributed by atoms with E-state index in [1.54, 1.807) is 0 Å². The van der Waals surface area contributed by atoms with Gasteiger partial charge in [0.2, 0.25) is 0 Å². The summed E-state index contributed by atoms with van der Waals surface area (Å²) in [6, 6.07) is 15.8. The number of benzene rings is 1. The number of morpholine rings is 1. The number of nitrogens with zero attached hydrogens (tertiary/aromatic N) is 5. The Morgan fingerprint density at radius 2 is 1.91 bits per heavy atom. The maximum atomic E-state index is 6.01. The second kappa shape index (κ2) is 9.38. The third kappa shape index (κ3) is 4.83. The molecule has 3 aromatic heterocycles. The van der Waals surface area contributed by atoms with E-state index >= 15 is 0 Å². The number of pyridine rings is 2. The van der Waals surface area contributed by atoms with Gasteiger partial charge in [-0.05, 0) is 54.1 Å². The molecule has 1 aliphatic heterocycles. The molecule has 0 saturated carbocycles. The molecular weight excluding hydrogens is 444 g/mol. The average molecular weight is 467 g/mol. The van der Waals surface area contributed by atoms with Crippen LogP contribution in [0.3, 0.4) is 0 Å². The highest BCUT2D eigenvalue weighted by Gasteiger charge is 2.13. The van der Waals surface area contributed by atoms with Gasteiger partial charge < -0.3 is 15.0 Å². The fraction of sp³-hybridized carbons (Fsp3) is 0.261. The molecule has 0 radical (unpaired) electrons. The van der Waals surface area contributed by atoms with Crippen molar-refractivity contribution in [2.45, 2.75) is 6.54 Å². The molecule has 1 fully saturated rings. The first kappa shape index (κ1) is 21.1. The maximum absolute atomic E-state index is 6.01. The van der Waals surface area contributed by atoms with Crippen LogP contribution >= 0.6 is 22.9 Å². The number of aromatic nitrogens is 3. The molecule has 0 atom stereocenters. The third-order valence-electron chi connectivity index (χ3n) is 5.37. The highest BCUT2D eigenvalue weighted by Crippen LogP contribution is 2.30. The van der Waals surface area contributed by atoms with Gasteiger partial charge in [-0.1, -0.05) is 22.9 Å². The largest absolute Gasteiger partial charge is 0.379 e. The molecule has 1 aliphatic rings. The summed E-state index contributed by atoms with van der Waals surface area (Å²) in [5.74, 6) is 1.63. The molecule has 1 aromatic carbocycles. The lowest BCUT2D eigenvalue weighted by atomic mass is 10.2. The van der Waals surface area contributed by atoms with Crippen LogP contribution in [-0.2, 0) is 11.3 Å². The summed E-state index contributed by atoms with van der Waals surface area (Å²) < 4.78 is 5.43. The van der Waals surface area contributed by atoms with Crippen LogP contribution in [0.2, 0.25) is 5.02 Å². The Kier molecular flexibility index (Phi) is 6.18. The average Bonchev–Trinajstić information content (AvgIpc) is 3.21. The van der Waals surface area contributed by atoms with E-state index in [0.717, 1.165) is 65.6 Å². The summed E-state index contributed by atoms with van der Waals surface area (Å²) in [4.78, 5) is 19.2. The van der Waals surface area contributed by atoms with Gasteiger partial charge in [-0.3, -0.25) is 4.90 Å². The van der Waals surface area contributed by atoms with Crippen LogP contribution in [0.5, 0.6) is 0 Å². The van der Waals surface area contributed by atoms with Crippen LogP contribution in [0.4, 0.5) is 22.5 Å².